The molecule has 0 aliphatic rings. The number of halogens is 2. The normalized spacial score (nSPS) is 11.8. The van der Waals surface area contributed by atoms with E-state index in [0.29, 0.717) is 6.07 Å². The third kappa shape index (κ3) is 4.76. The van der Waals surface area contributed by atoms with Crippen LogP contribution in [0, 0.1) is 21.7 Å². The summed E-state index contributed by atoms with van der Waals surface area (Å²) in [6.45, 7) is 1.81. The van der Waals surface area contributed by atoms with Crippen molar-refractivity contribution in [2.24, 2.45) is 0 Å². The quantitative estimate of drug-likeness (QED) is 0.621. The van der Waals surface area contributed by atoms with Crippen LogP contribution in [0.25, 0.3) is 0 Å². The number of thioether (sulfide) groups is 1. The van der Waals surface area contributed by atoms with Crippen LogP contribution in [0.1, 0.15) is 17.7 Å². The van der Waals surface area contributed by atoms with Crippen LogP contribution in [0.5, 0.6) is 0 Å². The van der Waals surface area contributed by atoms with Crippen LogP contribution >= 0.6 is 11.8 Å². The molecular weight excluding hydrogens is 338 g/mol. The molecular formula is C16H14F2N2O3S. The number of rotatable bonds is 6. The number of nitrogens with one attached hydrogen (secondary N) is 1. The van der Waals surface area contributed by atoms with E-state index in [0.717, 1.165) is 17.7 Å². The first-order valence-electron chi connectivity index (χ1n) is 6.97. The maximum Gasteiger partial charge on any atom is 0.269 e. The van der Waals surface area contributed by atoms with Crippen LogP contribution in [-0.2, 0) is 4.79 Å². The Bertz CT molecular complexity index is 771. The molecule has 1 N–H and O–H groups in total. The third-order valence-corrected chi connectivity index (χ3v) is 4.42. The van der Waals surface area contributed by atoms with Gasteiger partial charge in [0.2, 0.25) is 5.91 Å². The van der Waals surface area contributed by atoms with Gasteiger partial charge < -0.3 is 5.32 Å². The topological polar surface area (TPSA) is 72.2 Å². The first kappa shape index (κ1) is 17.9. The molecule has 1 atom stereocenters. The Morgan fingerprint density at radius 1 is 1.29 bits per heavy atom. The summed E-state index contributed by atoms with van der Waals surface area (Å²) in [5.74, 6) is -1.98. The van der Waals surface area contributed by atoms with Crippen molar-refractivity contribution in [3.8, 4) is 0 Å². The fraction of sp³-hybridized carbons (Fsp3) is 0.188. The highest BCUT2D eigenvalue weighted by Crippen LogP contribution is 2.30. The van der Waals surface area contributed by atoms with E-state index in [2.05, 4.69) is 5.32 Å². The Hall–Kier alpha value is -2.48. The Morgan fingerprint density at radius 3 is 2.71 bits per heavy atom. The smallest absolute Gasteiger partial charge is 0.269 e. The van der Waals surface area contributed by atoms with Crippen molar-refractivity contribution in [1.82, 2.24) is 0 Å². The van der Waals surface area contributed by atoms with Gasteiger partial charge in [0.15, 0.2) is 0 Å². The highest BCUT2D eigenvalue weighted by Gasteiger charge is 2.14. The molecule has 0 unspecified atom stereocenters. The molecule has 0 aromatic heterocycles. The Labute approximate surface area is 141 Å². The van der Waals surface area contributed by atoms with Gasteiger partial charge in [-0.05, 0) is 24.6 Å². The summed E-state index contributed by atoms with van der Waals surface area (Å²) < 4.78 is 26.3. The zero-order valence-corrected chi connectivity index (χ0v) is 13.5. The SMILES string of the molecule is C[C@@H](SCC(=O)Nc1ccc(F)cc1F)c1cccc([N+](=O)[O-])c1. The monoisotopic (exact) mass is 352 g/mol. The number of benzene rings is 2. The highest BCUT2D eigenvalue weighted by molar-refractivity contribution is 8.00. The number of nitro benzene ring substituents is 1. The van der Waals surface area contributed by atoms with E-state index < -0.39 is 22.5 Å². The molecule has 2 aromatic carbocycles. The minimum atomic E-state index is -0.847. The minimum absolute atomic E-state index is 0.0159. The summed E-state index contributed by atoms with van der Waals surface area (Å²) in [5.41, 5.74) is 0.609. The Morgan fingerprint density at radius 2 is 2.04 bits per heavy atom. The van der Waals surface area contributed by atoms with Gasteiger partial charge in [-0.3, -0.25) is 14.9 Å². The van der Waals surface area contributed by atoms with Crippen LogP contribution in [0.2, 0.25) is 0 Å². The van der Waals surface area contributed by atoms with Crippen molar-refractivity contribution in [1.29, 1.82) is 0 Å². The summed E-state index contributed by atoms with van der Waals surface area (Å²) in [5, 5.41) is 13.0. The summed E-state index contributed by atoms with van der Waals surface area (Å²) in [7, 11) is 0. The second-order valence-electron chi connectivity index (χ2n) is 4.98. The average molecular weight is 352 g/mol. The van der Waals surface area contributed by atoms with Gasteiger partial charge in [0.05, 0.1) is 16.4 Å². The van der Waals surface area contributed by atoms with E-state index in [1.165, 1.54) is 23.9 Å². The molecule has 0 aliphatic heterocycles. The van der Waals surface area contributed by atoms with Crippen molar-refractivity contribution in [2.75, 3.05) is 11.1 Å². The molecule has 0 aliphatic carbocycles. The van der Waals surface area contributed by atoms with Crippen molar-refractivity contribution in [3.63, 3.8) is 0 Å². The van der Waals surface area contributed by atoms with Crippen molar-refractivity contribution in [2.45, 2.75) is 12.2 Å². The van der Waals surface area contributed by atoms with Crippen LogP contribution in [0.4, 0.5) is 20.2 Å². The average Bonchev–Trinajstić information content (AvgIpc) is 2.55. The standard InChI is InChI=1S/C16H14F2N2O3S/c1-10(11-3-2-4-13(7-11)20(22)23)24-9-16(21)19-15-6-5-12(17)8-14(15)18/h2-8,10H,9H2,1H3,(H,19,21)/t10-/m1/s1. The van der Waals surface area contributed by atoms with Crippen LogP contribution < -0.4 is 5.32 Å². The number of nitrogens with zero attached hydrogens (tertiary/aromatic N) is 1. The summed E-state index contributed by atoms with van der Waals surface area (Å²) in [4.78, 5) is 22.2. The van der Waals surface area contributed by atoms with E-state index in [9.17, 15) is 23.7 Å². The number of hydrogen-bond donors (Lipinski definition) is 1. The van der Waals surface area contributed by atoms with Gasteiger partial charge in [0.1, 0.15) is 11.6 Å². The van der Waals surface area contributed by atoms with E-state index in [1.807, 2.05) is 6.92 Å². The lowest BCUT2D eigenvalue weighted by Crippen LogP contribution is -2.15. The molecule has 0 radical (unpaired) electrons. The molecule has 0 heterocycles. The molecule has 0 fully saturated rings. The van der Waals surface area contributed by atoms with Gasteiger partial charge in [-0.25, -0.2) is 8.78 Å². The maximum absolute atomic E-state index is 13.5. The molecule has 126 valence electrons. The predicted molar refractivity (Wildman–Crippen MR) is 89.0 cm³/mol. The first-order chi connectivity index (χ1) is 11.4. The lowest BCUT2D eigenvalue weighted by atomic mass is 10.1. The predicted octanol–water partition coefficient (Wildman–Crippen LogP) is 4.31. The number of anilines is 1. The number of nitro groups is 1. The number of carbonyl (C=O) groups excluding carboxylic acids is 1. The molecule has 8 heteroatoms. The first-order valence-corrected chi connectivity index (χ1v) is 8.02. The van der Waals surface area contributed by atoms with E-state index in [4.69, 9.17) is 0 Å². The highest BCUT2D eigenvalue weighted by atomic mass is 32.2. The number of non-ortho nitro benzene ring substituents is 1. The minimum Gasteiger partial charge on any atom is -0.323 e. The molecule has 2 aromatic rings. The lowest BCUT2D eigenvalue weighted by molar-refractivity contribution is -0.384. The van der Waals surface area contributed by atoms with Gasteiger partial charge in [0.25, 0.3) is 5.69 Å². The molecule has 0 saturated heterocycles. The molecule has 0 spiro atoms. The van der Waals surface area contributed by atoms with Gasteiger partial charge in [-0.2, -0.15) is 0 Å². The summed E-state index contributed by atoms with van der Waals surface area (Å²) >= 11 is 1.26. The van der Waals surface area contributed by atoms with Crippen molar-refractivity contribution >= 4 is 29.0 Å². The molecule has 2 rings (SSSR count). The zero-order chi connectivity index (χ0) is 17.7. The summed E-state index contributed by atoms with van der Waals surface area (Å²) in [6, 6.07) is 9.06. The molecule has 0 bridgehead atoms. The Balaban J connectivity index is 1.93. The molecule has 0 saturated carbocycles. The molecule has 5 nitrogen and oxygen atoms in total. The molecule has 1 amide bonds. The van der Waals surface area contributed by atoms with Gasteiger partial charge in [-0.1, -0.05) is 12.1 Å². The van der Waals surface area contributed by atoms with Crippen LogP contribution in [0.15, 0.2) is 42.5 Å². The maximum atomic E-state index is 13.5. The zero-order valence-electron chi connectivity index (χ0n) is 12.7. The van der Waals surface area contributed by atoms with E-state index in [-0.39, 0.29) is 22.4 Å². The summed E-state index contributed by atoms with van der Waals surface area (Å²) in [6.07, 6.45) is 0. The second-order valence-corrected chi connectivity index (χ2v) is 6.31. The number of hydrogen-bond acceptors (Lipinski definition) is 4. The van der Waals surface area contributed by atoms with Gasteiger partial charge in [-0.15, -0.1) is 11.8 Å². The number of amides is 1. The van der Waals surface area contributed by atoms with E-state index in [1.54, 1.807) is 12.1 Å². The third-order valence-electron chi connectivity index (χ3n) is 3.22. The van der Waals surface area contributed by atoms with E-state index >= 15 is 0 Å². The number of carbonyl (C=O) groups is 1. The fourth-order valence-electron chi connectivity index (χ4n) is 1.97. The van der Waals surface area contributed by atoms with Crippen LogP contribution in [-0.4, -0.2) is 16.6 Å². The van der Waals surface area contributed by atoms with Crippen molar-refractivity contribution < 1.29 is 18.5 Å². The van der Waals surface area contributed by atoms with Crippen molar-refractivity contribution in [3.05, 3.63) is 69.8 Å². The van der Waals surface area contributed by atoms with Gasteiger partial charge >= 0.3 is 0 Å². The second kappa shape index (κ2) is 7.87. The lowest BCUT2D eigenvalue weighted by Gasteiger charge is -2.12. The fourth-order valence-corrected chi connectivity index (χ4v) is 2.78. The molecule has 24 heavy (non-hydrogen) atoms. The van der Waals surface area contributed by atoms with Gasteiger partial charge in [0, 0.05) is 23.4 Å². The Kier molecular flexibility index (Phi) is 5.86. The van der Waals surface area contributed by atoms with Crippen LogP contribution in [0.3, 0.4) is 0 Å². The largest absolute Gasteiger partial charge is 0.323 e.